The van der Waals surface area contributed by atoms with Gasteiger partial charge in [-0.1, -0.05) is 86.0 Å². The van der Waals surface area contributed by atoms with Crippen LogP contribution in [0.3, 0.4) is 0 Å². The van der Waals surface area contributed by atoms with Gasteiger partial charge in [0.1, 0.15) is 0 Å². The molecule has 0 unspecified atom stereocenters. The van der Waals surface area contributed by atoms with E-state index < -0.39 is 0 Å². The maximum absolute atomic E-state index is 4.78. The molecule has 1 radical (unpaired) electrons. The first kappa shape index (κ1) is 29.6. The van der Waals surface area contributed by atoms with Gasteiger partial charge in [-0.3, -0.25) is 0 Å². The van der Waals surface area contributed by atoms with Crippen LogP contribution in [-0.2, 0) is 25.5 Å². The topological polar surface area (TPSA) is 25.8 Å². The van der Waals surface area contributed by atoms with E-state index in [9.17, 15) is 0 Å². The Morgan fingerprint density at radius 1 is 0.595 bits per heavy atom. The van der Waals surface area contributed by atoms with Crippen molar-refractivity contribution in [2.75, 3.05) is 0 Å². The number of aryl methyl sites for hydroxylation is 4. The van der Waals surface area contributed by atoms with Crippen LogP contribution >= 0.6 is 0 Å². The van der Waals surface area contributed by atoms with Gasteiger partial charge >= 0.3 is 0 Å². The number of hydrogen-bond acceptors (Lipinski definition) is 2. The average Bonchev–Trinajstić information content (AvgIpc) is 3.21. The molecule has 4 aromatic carbocycles. The van der Waals surface area contributed by atoms with Gasteiger partial charge < -0.3 is 9.97 Å². The standard InChI is InChI=1S/C27H24N.C12H10N.Ir/c1-16-6-10-20-21-11-9-19(13-25(21)27(4,5)24(20)12-16)26-14-22-17(2)7-8-18(3)23(22)15-28-26;1-10-5-7-11(8-6-10)12-4-2-3-9-13-12;/h6-8,10-15H,1-5H3;2-7,9H,1H3;/q2*-1;. The first-order chi connectivity index (χ1) is 19.7. The summed E-state index contributed by atoms with van der Waals surface area (Å²) in [6.45, 7) is 13.2. The summed E-state index contributed by atoms with van der Waals surface area (Å²) in [4.78, 5) is 9.03. The van der Waals surface area contributed by atoms with Crippen molar-refractivity contribution < 1.29 is 20.1 Å². The Morgan fingerprint density at radius 2 is 1.31 bits per heavy atom. The van der Waals surface area contributed by atoms with E-state index in [1.165, 1.54) is 55.3 Å². The molecule has 1 aliphatic carbocycles. The Labute approximate surface area is 263 Å². The number of benzene rings is 4. The molecule has 0 spiro atoms. The van der Waals surface area contributed by atoms with E-state index in [2.05, 4.69) is 113 Å². The second-order valence-electron chi connectivity index (χ2n) is 11.7. The average molecular weight is 723 g/mol. The molecular formula is C39H34IrN2-2. The van der Waals surface area contributed by atoms with Gasteiger partial charge in [-0.25, -0.2) is 0 Å². The summed E-state index contributed by atoms with van der Waals surface area (Å²) in [5, 5.41) is 2.50. The van der Waals surface area contributed by atoms with Crippen LogP contribution in [0.2, 0.25) is 0 Å². The van der Waals surface area contributed by atoms with Crippen LogP contribution < -0.4 is 0 Å². The maximum atomic E-state index is 4.78. The molecule has 0 aliphatic heterocycles. The van der Waals surface area contributed by atoms with Crippen LogP contribution in [-0.4, -0.2) is 9.97 Å². The SMILES string of the molecule is Cc1c[c-]c(-c2ccccn2)cc1.Cc1ccc2c(c1)C(C)(C)c1cc(-c3cc4c(C)ccc(C)c4cn3)[c-]cc1-2.[Ir]. The van der Waals surface area contributed by atoms with Crippen LogP contribution in [0.5, 0.6) is 0 Å². The van der Waals surface area contributed by atoms with E-state index in [4.69, 9.17) is 4.98 Å². The minimum Gasteiger partial charge on any atom is -0.305 e. The quantitative estimate of drug-likeness (QED) is 0.166. The molecule has 0 N–H and O–H groups in total. The Morgan fingerprint density at radius 3 is 2.02 bits per heavy atom. The van der Waals surface area contributed by atoms with Gasteiger partial charge in [0.05, 0.1) is 0 Å². The van der Waals surface area contributed by atoms with Crippen LogP contribution in [0.4, 0.5) is 0 Å². The number of rotatable bonds is 2. The third kappa shape index (κ3) is 5.47. The summed E-state index contributed by atoms with van der Waals surface area (Å²) < 4.78 is 0. The minimum atomic E-state index is -0.0100. The second kappa shape index (κ2) is 11.8. The van der Waals surface area contributed by atoms with E-state index in [0.29, 0.717) is 0 Å². The van der Waals surface area contributed by atoms with Crippen molar-refractivity contribution in [2.45, 2.75) is 47.0 Å². The maximum Gasteiger partial charge on any atom is 0.0242 e. The van der Waals surface area contributed by atoms with Gasteiger partial charge in [0.2, 0.25) is 0 Å². The first-order valence-electron chi connectivity index (χ1n) is 14.2. The van der Waals surface area contributed by atoms with Gasteiger partial charge in [0, 0.05) is 37.9 Å². The molecule has 2 aromatic heterocycles. The molecule has 0 saturated heterocycles. The van der Waals surface area contributed by atoms with E-state index in [1.54, 1.807) is 6.20 Å². The zero-order chi connectivity index (χ0) is 28.7. The molecule has 3 heteroatoms. The fourth-order valence-corrected chi connectivity index (χ4v) is 5.79. The molecule has 42 heavy (non-hydrogen) atoms. The summed E-state index contributed by atoms with van der Waals surface area (Å²) in [7, 11) is 0. The molecule has 0 saturated carbocycles. The Kier molecular flexibility index (Phi) is 8.28. The minimum absolute atomic E-state index is 0. The zero-order valence-electron chi connectivity index (χ0n) is 25.0. The van der Waals surface area contributed by atoms with Gasteiger partial charge in [0.25, 0.3) is 0 Å². The summed E-state index contributed by atoms with van der Waals surface area (Å²) in [6, 6.07) is 36.5. The predicted octanol–water partition coefficient (Wildman–Crippen LogP) is 9.79. The summed E-state index contributed by atoms with van der Waals surface area (Å²) in [6.07, 6.45) is 3.81. The molecule has 211 valence electrons. The smallest absolute Gasteiger partial charge is 0.0242 e. The molecule has 2 heterocycles. The van der Waals surface area contributed by atoms with Gasteiger partial charge in [-0.15, -0.1) is 64.7 Å². The Bertz CT molecular complexity index is 1890. The number of pyridine rings is 2. The summed E-state index contributed by atoms with van der Waals surface area (Å²) in [5.74, 6) is 0. The van der Waals surface area contributed by atoms with Crippen molar-refractivity contribution >= 4 is 10.8 Å². The van der Waals surface area contributed by atoms with Gasteiger partial charge in [0.15, 0.2) is 0 Å². The number of fused-ring (bicyclic) bond motifs is 4. The Hall–Kier alpha value is -3.91. The summed E-state index contributed by atoms with van der Waals surface area (Å²) in [5.41, 5.74) is 14.6. The molecule has 0 atom stereocenters. The van der Waals surface area contributed by atoms with E-state index in [0.717, 1.165) is 22.5 Å². The van der Waals surface area contributed by atoms with E-state index in [1.807, 2.05) is 36.5 Å². The van der Waals surface area contributed by atoms with Crippen molar-refractivity contribution in [1.29, 1.82) is 0 Å². The van der Waals surface area contributed by atoms with Crippen LogP contribution in [0, 0.1) is 39.8 Å². The molecular weight excluding hydrogens is 689 g/mol. The normalized spacial score (nSPS) is 12.5. The largest absolute Gasteiger partial charge is 0.305 e. The van der Waals surface area contributed by atoms with Crippen molar-refractivity contribution in [1.82, 2.24) is 9.97 Å². The van der Waals surface area contributed by atoms with Crippen LogP contribution in [0.15, 0.2) is 97.3 Å². The van der Waals surface area contributed by atoms with Crippen molar-refractivity contribution in [3.05, 3.63) is 143 Å². The third-order valence-corrected chi connectivity index (χ3v) is 8.28. The van der Waals surface area contributed by atoms with Gasteiger partial charge in [-0.05, 0) is 65.7 Å². The van der Waals surface area contributed by atoms with Crippen molar-refractivity contribution in [3.63, 3.8) is 0 Å². The molecule has 0 fully saturated rings. The molecule has 6 aromatic rings. The van der Waals surface area contributed by atoms with Crippen molar-refractivity contribution in [3.8, 4) is 33.6 Å². The fraction of sp³-hybridized carbons (Fsp3) is 0.179. The molecule has 0 bridgehead atoms. The number of aromatic nitrogens is 2. The molecule has 2 nitrogen and oxygen atoms in total. The zero-order valence-corrected chi connectivity index (χ0v) is 27.4. The predicted molar refractivity (Wildman–Crippen MR) is 171 cm³/mol. The second-order valence-corrected chi connectivity index (χ2v) is 11.7. The van der Waals surface area contributed by atoms with Crippen LogP contribution in [0.1, 0.15) is 47.2 Å². The Balaban J connectivity index is 0.000000212. The fourth-order valence-electron chi connectivity index (χ4n) is 5.79. The van der Waals surface area contributed by atoms with E-state index in [-0.39, 0.29) is 25.5 Å². The number of hydrogen-bond donors (Lipinski definition) is 0. The number of nitrogens with zero attached hydrogens (tertiary/aromatic N) is 2. The van der Waals surface area contributed by atoms with Gasteiger partial charge in [-0.2, -0.15) is 0 Å². The summed E-state index contributed by atoms with van der Waals surface area (Å²) >= 11 is 0. The third-order valence-electron chi connectivity index (χ3n) is 8.28. The molecule has 0 amide bonds. The molecule has 1 aliphatic rings. The first-order valence-corrected chi connectivity index (χ1v) is 14.2. The van der Waals surface area contributed by atoms with Crippen LogP contribution in [0.25, 0.3) is 44.4 Å². The van der Waals surface area contributed by atoms with E-state index >= 15 is 0 Å². The molecule has 7 rings (SSSR count). The monoisotopic (exact) mass is 723 g/mol. The van der Waals surface area contributed by atoms with Crippen molar-refractivity contribution in [2.24, 2.45) is 0 Å².